The van der Waals surface area contributed by atoms with E-state index in [0.717, 1.165) is 27.4 Å². The Labute approximate surface area is 204 Å². The van der Waals surface area contributed by atoms with Gasteiger partial charge in [-0.2, -0.15) is 21.6 Å². The number of benzene rings is 1. The maximum Gasteiger partial charge on any atom is 0.534 e. The molecular weight excluding hydrogens is 520 g/mol. The topological polar surface area (TPSA) is 61.2 Å². The summed E-state index contributed by atoms with van der Waals surface area (Å²) in [5.74, 6) is -0.172. The molecule has 1 aromatic carbocycles. The van der Waals surface area contributed by atoms with E-state index in [2.05, 4.69) is 9.17 Å². The molecule has 33 heavy (non-hydrogen) atoms. The smallest absolute Gasteiger partial charge is 0.376 e. The van der Waals surface area contributed by atoms with Crippen molar-refractivity contribution in [3.8, 4) is 27.6 Å². The highest BCUT2D eigenvalue weighted by molar-refractivity contribution is 7.88. The molecule has 0 saturated carbocycles. The zero-order chi connectivity index (χ0) is 24.4. The number of hydrogen-bond donors (Lipinski definition) is 0. The molecule has 5 nitrogen and oxygen atoms in total. The molecule has 12 heteroatoms. The summed E-state index contributed by atoms with van der Waals surface area (Å²) in [6.07, 6.45) is 2.67. The number of aryl methyl sites for hydroxylation is 2. The molecule has 3 aromatic rings. The Balaban J connectivity index is 0.000000968. The van der Waals surface area contributed by atoms with Crippen LogP contribution in [0.4, 0.5) is 13.2 Å². The van der Waals surface area contributed by atoms with Crippen LogP contribution in [0.1, 0.15) is 25.0 Å². The lowest BCUT2D eigenvalue weighted by Crippen LogP contribution is -2.28. The minimum Gasteiger partial charge on any atom is -0.376 e. The van der Waals surface area contributed by atoms with Crippen LogP contribution in [0.25, 0.3) is 21.8 Å². The second kappa shape index (κ2) is 10.2. The average molecular weight is 541 g/mol. The molecule has 0 bridgehead atoms. The van der Waals surface area contributed by atoms with Crippen LogP contribution < -0.4 is 4.18 Å². The number of halogens is 5. The Bertz CT molecular complexity index is 1210. The molecule has 0 amide bonds. The number of alkyl halides is 5. The molecule has 0 radical (unpaired) electrons. The fraction of sp³-hybridized carbons (Fsp3) is 0.381. The van der Waals surface area contributed by atoms with Crippen LogP contribution in [0.3, 0.4) is 0 Å². The van der Waals surface area contributed by atoms with Gasteiger partial charge in [-0.3, -0.25) is 0 Å². The Kier molecular flexibility index (Phi) is 8.03. The van der Waals surface area contributed by atoms with E-state index in [-0.39, 0.29) is 17.0 Å². The third-order valence-electron chi connectivity index (χ3n) is 4.87. The number of fused-ring (bicyclic) bond motifs is 3. The lowest BCUT2D eigenvalue weighted by Gasteiger charge is -2.23. The number of hydrogen-bond acceptors (Lipinski definition) is 5. The molecule has 1 aliphatic heterocycles. The molecule has 180 valence electrons. The van der Waals surface area contributed by atoms with Crippen LogP contribution in [0, 0.1) is 5.92 Å². The maximum atomic E-state index is 12.9. The first-order valence-electron chi connectivity index (χ1n) is 9.86. The summed E-state index contributed by atoms with van der Waals surface area (Å²) < 4.78 is 68.5. The monoisotopic (exact) mass is 540 g/mol. The quantitative estimate of drug-likeness (QED) is 0.205. The van der Waals surface area contributed by atoms with Crippen LogP contribution in [-0.2, 0) is 29.5 Å². The third kappa shape index (κ3) is 5.67. The van der Waals surface area contributed by atoms with Gasteiger partial charge in [-0.1, -0.05) is 19.9 Å². The standard InChI is InChI=1S/C20H19F3N2O3S2.CH2Cl2/c1-12(2)8-14-9-15-13(10-16(14)28-30(26,27)20(21,22)23)5-6-25-11-24-18(19(15)25)17-4-3-7-29-17;2-1-3/h3-4,7,9-12H,5-6,8H2,1-2H3;1H2. The van der Waals surface area contributed by atoms with Crippen molar-refractivity contribution in [3.05, 3.63) is 47.1 Å². The summed E-state index contributed by atoms with van der Waals surface area (Å²) in [6.45, 7) is 4.40. The van der Waals surface area contributed by atoms with Gasteiger partial charge in [0.25, 0.3) is 0 Å². The van der Waals surface area contributed by atoms with Crippen molar-refractivity contribution in [2.24, 2.45) is 5.92 Å². The van der Waals surface area contributed by atoms with Crippen molar-refractivity contribution in [3.63, 3.8) is 0 Å². The highest BCUT2D eigenvalue weighted by Crippen LogP contribution is 2.42. The van der Waals surface area contributed by atoms with E-state index in [1.54, 1.807) is 23.7 Å². The summed E-state index contributed by atoms with van der Waals surface area (Å²) in [6, 6.07) is 7.08. The van der Waals surface area contributed by atoms with Gasteiger partial charge in [0, 0.05) is 12.1 Å². The Morgan fingerprint density at radius 3 is 2.55 bits per heavy atom. The fourth-order valence-electron chi connectivity index (χ4n) is 3.61. The summed E-state index contributed by atoms with van der Waals surface area (Å²) in [4.78, 5) is 5.53. The number of thiophene rings is 1. The zero-order valence-corrected chi connectivity index (χ0v) is 20.8. The number of nitrogens with zero attached hydrogens (tertiary/aromatic N) is 2. The molecule has 2 aromatic heterocycles. The van der Waals surface area contributed by atoms with Gasteiger partial charge in [0.15, 0.2) is 0 Å². The molecule has 0 unspecified atom stereocenters. The minimum absolute atomic E-state index is 0.0873. The van der Waals surface area contributed by atoms with Crippen LogP contribution in [-0.4, -0.2) is 28.8 Å². The second-order valence-corrected chi connectivity index (χ2v) is 11.0. The molecule has 0 spiro atoms. The maximum absolute atomic E-state index is 12.9. The molecule has 0 aliphatic carbocycles. The molecule has 0 N–H and O–H groups in total. The zero-order valence-electron chi connectivity index (χ0n) is 17.7. The van der Waals surface area contributed by atoms with Gasteiger partial charge in [0.2, 0.25) is 0 Å². The average Bonchev–Trinajstić information content (AvgIpc) is 3.37. The number of aromatic nitrogens is 2. The summed E-state index contributed by atoms with van der Waals surface area (Å²) in [5.41, 5.74) is -1.80. The SMILES string of the molecule is CC(C)Cc1cc2c(cc1OS(=O)(=O)C(F)(F)F)CCn1cnc(-c3cccs3)c1-2.ClCCl. The molecule has 3 heterocycles. The summed E-state index contributed by atoms with van der Waals surface area (Å²) in [7, 11) is -5.74. The van der Waals surface area contributed by atoms with Gasteiger partial charge in [-0.25, -0.2) is 4.98 Å². The van der Waals surface area contributed by atoms with E-state index in [0.29, 0.717) is 24.9 Å². The van der Waals surface area contributed by atoms with Crippen LogP contribution >= 0.6 is 34.5 Å². The van der Waals surface area contributed by atoms with Gasteiger partial charge in [-0.15, -0.1) is 34.5 Å². The first-order chi connectivity index (χ1) is 15.5. The van der Waals surface area contributed by atoms with Crippen LogP contribution in [0.5, 0.6) is 5.75 Å². The summed E-state index contributed by atoms with van der Waals surface area (Å²) in [5, 5.41) is 2.15. The predicted octanol–water partition coefficient (Wildman–Crippen LogP) is 6.68. The number of rotatable bonds is 5. The lowest BCUT2D eigenvalue weighted by atomic mass is 9.91. The van der Waals surface area contributed by atoms with Crippen LogP contribution in [0.15, 0.2) is 36.0 Å². The van der Waals surface area contributed by atoms with Gasteiger partial charge < -0.3 is 8.75 Å². The van der Waals surface area contributed by atoms with Gasteiger partial charge in [-0.05, 0) is 53.5 Å². The highest BCUT2D eigenvalue weighted by Gasteiger charge is 2.49. The van der Waals surface area contributed by atoms with E-state index < -0.39 is 15.6 Å². The molecule has 4 rings (SSSR count). The van der Waals surface area contributed by atoms with E-state index in [4.69, 9.17) is 23.2 Å². The number of imidazole rings is 1. The lowest BCUT2D eigenvalue weighted by molar-refractivity contribution is -0.0500. The van der Waals surface area contributed by atoms with Crippen molar-refractivity contribution < 1.29 is 25.8 Å². The Morgan fingerprint density at radius 1 is 1.27 bits per heavy atom. The van der Waals surface area contributed by atoms with Crippen molar-refractivity contribution in [1.29, 1.82) is 0 Å². The van der Waals surface area contributed by atoms with Gasteiger partial charge in [0.1, 0.15) is 11.4 Å². The van der Waals surface area contributed by atoms with E-state index in [1.807, 2.05) is 35.9 Å². The first-order valence-corrected chi connectivity index (χ1v) is 13.2. The van der Waals surface area contributed by atoms with E-state index in [1.165, 1.54) is 6.07 Å². The van der Waals surface area contributed by atoms with Crippen molar-refractivity contribution in [2.75, 3.05) is 5.34 Å². The fourth-order valence-corrected chi connectivity index (χ4v) is 4.81. The Morgan fingerprint density at radius 2 is 1.97 bits per heavy atom. The van der Waals surface area contributed by atoms with Crippen molar-refractivity contribution in [1.82, 2.24) is 9.55 Å². The molecule has 0 atom stereocenters. The molecule has 0 saturated heterocycles. The third-order valence-corrected chi connectivity index (χ3v) is 6.71. The van der Waals surface area contributed by atoms with Crippen LogP contribution in [0.2, 0.25) is 0 Å². The minimum atomic E-state index is -5.74. The normalized spacial score (nSPS) is 13.2. The van der Waals surface area contributed by atoms with E-state index in [9.17, 15) is 21.6 Å². The molecular formula is C21H21Cl2F3N2O3S2. The van der Waals surface area contributed by atoms with Crippen molar-refractivity contribution >= 4 is 44.7 Å². The largest absolute Gasteiger partial charge is 0.534 e. The predicted molar refractivity (Wildman–Crippen MR) is 125 cm³/mol. The molecule has 0 fully saturated rings. The first kappa shape index (κ1) is 25.9. The summed E-state index contributed by atoms with van der Waals surface area (Å²) >= 11 is 11.1. The van der Waals surface area contributed by atoms with Crippen molar-refractivity contribution in [2.45, 2.75) is 38.7 Å². The molecule has 1 aliphatic rings. The van der Waals surface area contributed by atoms with E-state index >= 15 is 0 Å². The van der Waals surface area contributed by atoms with Gasteiger partial charge in [0.05, 0.1) is 22.2 Å². The Hall–Kier alpha value is -1.75. The highest BCUT2D eigenvalue weighted by atomic mass is 35.5. The second-order valence-electron chi connectivity index (χ2n) is 7.66. The van der Waals surface area contributed by atoms with Gasteiger partial charge >= 0.3 is 15.6 Å².